The van der Waals surface area contributed by atoms with E-state index in [1.807, 2.05) is 0 Å². The van der Waals surface area contributed by atoms with Gasteiger partial charge in [0.1, 0.15) is 0 Å². The number of carbonyl (C=O) groups is 1. The minimum absolute atomic E-state index is 0.311. The number of nitrogens with zero attached hydrogens (tertiary/aromatic N) is 1. The lowest BCUT2D eigenvalue weighted by Crippen LogP contribution is -2.35. The lowest BCUT2D eigenvalue weighted by molar-refractivity contribution is -0.132. The summed E-state index contributed by atoms with van der Waals surface area (Å²) in [5.74, 6) is 1.46. The summed E-state index contributed by atoms with van der Waals surface area (Å²) in [6, 6.07) is 0. The summed E-state index contributed by atoms with van der Waals surface area (Å²) in [6.45, 7) is 6.76. The van der Waals surface area contributed by atoms with Gasteiger partial charge in [-0.3, -0.25) is 4.79 Å². The van der Waals surface area contributed by atoms with Gasteiger partial charge < -0.3 is 10.6 Å². The molecule has 3 heteroatoms. The topological polar surface area (TPSA) is 46.3 Å². The third kappa shape index (κ3) is 4.52. The molecule has 0 bridgehead atoms. The summed E-state index contributed by atoms with van der Waals surface area (Å²) in [5.41, 5.74) is 5.65. The van der Waals surface area contributed by atoms with E-state index in [0.29, 0.717) is 24.8 Å². The van der Waals surface area contributed by atoms with Crippen LogP contribution >= 0.6 is 0 Å². The van der Waals surface area contributed by atoms with Crippen molar-refractivity contribution in [3.05, 3.63) is 0 Å². The molecule has 94 valence electrons. The van der Waals surface area contributed by atoms with Crippen LogP contribution in [0.1, 0.15) is 46.0 Å². The van der Waals surface area contributed by atoms with E-state index in [1.54, 1.807) is 0 Å². The second-order valence-corrected chi connectivity index (χ2v) is 5.00. The lowest BCUT2D eigenvalue weighted by Gasteiger charge is -2.24. The van der Waals surface area contributed by atoms with Crippen LogP contribution < -0.4 is 5.73 Å². The molecular weight excluding hydrogens is 200 g/mol. The highest BCUT2D eigenvalue weighted by molar-refractivity contribution is 5.76. The Kier molecular flexibility index (Phi) is 5.81. The number of rotatable bonds is 8. The van der Waals surface area contributed by atoms with Crippen LogP contribution in [0.4, 0.5) is 0 Å². The van der Waals surface area contributed by atoms with Crippen LogP contribution in [0.2, 0.25) is 0 Å². The average molecular weight is 226 g/mol. The van der Waals surface area contributed by atoms with Crippen molar-refractivity contribution in [1.29, 1.82) is 0 Å². The van der Waals surface area contributed by atoms with Crippen LogP contribution in [0.25, 0.3) is 0 Å². The number of nitrogens with two attached hydrogens (primary N) is 1. The van der Waals surface area contributed by atoms with Crippen molar-refractivity contribution < 1.29 is 4.79 Å². The summed E-state index contributed by atoms with van der Waals surface area (Å²) in [7, 11) is 0. The van der Waals surface area contributed by atoms with E-state index in [-0.39, 0.29) is 0 Å². The molecule has 3 nitrogen and oxygen atoms in total. The number of hydrogen-bond acceptors (Lipinski definition) is 2. The molecule has 1 rings (SSSR count). The van der Waals surface area contributed by atoms with Crippen molar-refractivity contribution in [2.24, 2.45) is 17.6 Å². The monoisotopic (exact) mass is 226 g/mol. The van der Waals surface area contributed by atoms with Crippen molar-refractivity contribution >= 4 is 5.91 Å². The molecule has 1 aliphatic rings. The fourth-order valence-electron chi connectivity index (χ4n) is 1.97. The van der Waals surface area contributed by atoms with E-state index in [2.05, 4.69) is 18.7 Å². The highest BCUT2D eigenvalue weighted by atomic mass is 16.2. The van der Waals surface area contributed by atoms with Crippen molar-refractivity contribution in [2.75, 3.05) is 19.6 Å². The molecule has 1 fully saturated rings. The summed E-state index contributed by atoms with van der Waals surface area (Å²) >= 11 is 0. The van der Waals surface area contributed by atoms with Gasteiger partial charge >= 0.3 is 0 Å². The highest BCUT2D eigenvalue weighted by Crippen LogP contribution is 2.30. The second-order valence-electron chi connectivity index (χ2n) is 5.00. The Hall–Kier alpha value is -0.570. The zero-order valence-corrected chi connectivity index (χ0v) is 10.7. The number of hydrogen-bond donors (Lipinski definition) is 1. The Morgan fingerprint density at radius 3 is 2.56 bits per heavy atom. The molecule has 1 unspecified atom stereocenters. The molecule has 0 aliphatic heterocycles. The molecule has 1 atom stereocenters. The number of amides is 1. The third-order valence-electron chi connectivity index (χ3n) is 3.40. The van der Waals surface area contributed by atoms with Crippen molar-refractivity contribution in [3.63, 3.8) is 0 Å². The molecule has 0 spiro atoms. The predicted octanol–water partition coefficient (Wildman–Crippen LogP) is 2.01. The van der Waals surface area contributed by atoms with Gasteiger partial charge in [0.25, 0.3) is 0 Å². The summed E-state index contributed by atoms with van der Waals surface area (Å²) in [4.78, 5) is 14.1. The third-order valence-corrected chi connectivity index (χ3v) is 3.40. The maximum Gasteiger partial charge on any atom is 0.222 e. The van der Waals surface area contributed by atoms with Gasteiger partial charge in [-0.25, -0.2) is 0 Å². The molecule has 0 radical (unpaired) electrons. The summed E-state index contributed by atoms with van der Waals surface area (Å²) < 4.78 is 0. The molecule has 0 aromatic rings. The Labute approximate surface area is 99.4 Å². The van der Waals surface area contributed by atoms with Gasteiger partial charge in [-0.1, -0.05) is 20.3 Å². The largest absolute Gasteiger partial charge is 0.342 e. The van der Waals surface area contributed by atoms with E-state index >= 15 is 0 Å². The van der Waals surface area contributed by atoms with Gasteiger partial charge in [0.15, 0.2) is 0 Å². The SMILES string of the molecule is CCCN(CC1CC1)C(=O)CC(CC)CN. The molecule has 0 aromatic heterocycles. The van der Waals surface area contributed by atoms with Gasteiger partial charge in [-0.05, 0) is 37.6 Å². The highest BCUT2D eigenvalue weighted by Gasteiger charge is 2.26. The van der Waals surface area contributed by atoms with Gasteiger partial charge in [0.05, 0.1) is 0 Å². The average Bonchev–Trinajstić information content (AvgIpc) is 3.08. The molecule has 0 aromatic carbocycles. The Morgan fingerprint density at radius 2 is 2.12 bits per heavy atom. The lowest BCUT2D eigenvalue weighted by atomic mass is 10.0. The van der Waals surface area contributed by atoms with Gasteiger partial charge in [0, 0.05) is 19.5 Å². The van der Waals surface area contributed by atoms with E-state index in [9.17, 15) is 4.79 Å². The first-order chi connectivity index (χ1) is 7.71. The molecule has 1 aliphatic carbocycles. The molecule has 2 N–H and O–H groups in total. The second kappa shape index (κ2) is 6.89. The molecule has 0 heterocycles. The molecule has 0 saturated heterocycles. The van der Waals surface area contributed by atoms with Crippen LogP contribution in [0, 0.1) is 11.8 Å². The summed E-state index contributed by atoms with van der Waals surface area (Å²) in [6.07, 6.45) is 5.31. The quantitative estimate of drug-likeness (QED) is 0.688. The predicted molar refractivity (Wildman–Crippen MR) is 67.0 cm³/mol. The smallest absolute Gasteiger partial charge is 0.222 e. The van der Waals surface area contributed by atoms with E-state index in [0.717, 1.165) is 31.8 Å². The van der Waals surface area contributed by atoms with Crippen LogP contribution in [0.5, 0.6) is 0 Å². The van der Waals surface area contributed by atoms with Crippen LogP contribution in [-0.4, -0.2) is 30.4 Å². The van der Waals surface area contributed by atoms with Crippen LogP contribution in [0.15, 0.2) is 0 Å². The zero-order valence-electron chi connectivity index (χ0n) is 10.7. The van der Waals surface area contributed by atoms with Crippen molar-refractivity contribution in [2.45, 2.75) is 46.0 Å². The van der Waals surface area contributed by atoms with E-state index < -0.39 is 0 Å². The Balaban J connectivity index is 2.38. The first-order valence-electron chi connectivity index (χ1n) is 6.69. The summed E-state index contributed by atoms with van der Waals surface area (Å²) in [5, 5.41) is 0. The number of carbonyl (C=O) groups excluding carboxylic acids is 1. The van der Waals surface area contributed by atoms with Gasteiger partial charge in [0.2, 0.25) is 5.91 Å². The molecule has 1 amide bonds. The van der Waals surface area contributed by atoms with E-state index in [1.165, 1.54) is 12.8 Å². The Bertz CT molecular complexity index is 210. The fraction of sp³-hybridized carbons (Fsp3) is 0.923. The van der Waals surface area contributed by atoms with Gasteiger partial charge in [-0.2, -0.15) is 0 Å². The van der Waals surface area contributed by atoms with Crippen LogP contribution in [-0.2, 0) is 4.79 Å². The van der Waals surface area contributed by atoms with Gasteiger partial charge in [-0.15, -0.1) is 0 Å². The molecular formula is C13H26N2O. The minimum atomic E-state index is 0.311. The maximum atomic E-state index is 12.1. The van der Waals surface area contributed by atoms with Crippen molar-refractivity contribution in [3.8, 4) is 0 Å². The fourth-order valence-corrected chi connectivity index (χ4v) is 1.97. The zero-order chi connectivity index (χ0) is 12.0. The molecule has 16 heavy (non-hydrogen) atoms. The minimum Gasteiger partial charge on any atom is -0.342 e. The molecule has 1 saturated carbocycles. The normalized spacial score (nSPS) is 17.2. The maximum absolute atomic E-state index is 12.1. The standard InChI is InChI=1S/C13H26N2O/c1-3-7-15(10-12-5-6-12)13(16)8-11(4-2)9-14/h11-12H,3-10,14H2,1-2H3. The Morgan fingerprint density at radius 1 is 1.44 bits per heavy atom. The van der Waals surface area contributed by atoms with E-state index in [4.69, 9.17) is 5.73 Å². The van der Waals surface area contributed by atoms with Crippen molar-refractivity contribution in [1.82, 2.24) is 4.90 Å². The van der Waals surface area contributed by atoms with Crippen LogP contribution in [0.3, 0.4) is 0 Å². The first kappa shape index (κ1) is 13.5. The first-order valence-corrected chi connectivity index (χ1v) is 6.69.